The van der Waals surface area contributed by atoms with E-state index in [0.29, 0.717) is 0 Å². The van der Waals surface area contributed by atoms with Crippen molar-refractivity contribution in [1.29, 1.82) is 0 Å². The van der Waals surface area contributed by atoms with Gasteiger partial charge in [-0.1, -0.05) is 59.7 Å². The predicted molar refractivity (Wildman–Crippen MR) is 92.3 cm³/mol. The molecule has 2 aromatic carbocycles. The number of hydrogen-bond donors (Lipinski definition) is 1. The van der Waals surface area contributed by atoms with E-state index in [1.165, 1.54) is 11.1 Å². The first kappa shape index (κ1) is 15.5. The molecule has 3 aromatic rings. The molecule has 1 N–H and O–H groups in total. The molecule has 0 fully saturated rings. The number of aromatic nitrogens is 2. The highest BCUT2D eigenvalue weighted by Crippen LogP contribution is 2.39. The van der Waals surface area contributed by atoms with Crippen LogP contribution in [-0.4, -0.2) is 14.7 Å². The van der Waals surface area contributed by atoms with Crippen LogP contribution in [0.15, 0.2) is 67.3 Å². The lowest BCUT2D eigenvalue weighted by molar-refractivity contribution is 0.0295. The molecule has 1 heterocycles. The van der Waals surface area contributed by atoms with Crippen LogP contribution in [0, 0.1) is 13.8 Å². The van der Waals surface area contributed by atoms with Gasteiger partial charge in [-0.15, -0.1) is 0 Å². The van der Waals surface area contributed by atoms with E-state index >= 15 is 0 Å². The first-order valence-electron chi connectivity index (χ1n) is 7.86. The summed E-state index contributed by atoms with van der Waals surface area (Å²) in [5.74, 6) is 0. The summed E-state index contributed by atoms with van der Waals surface area (Å²) < 4.78 is 1.94. The zero-order chi connectivity index (χ0) is 16.4. The summed E-state index contributed by atoms with van der Waals surface area (Å²) in [5, 5.41) is 11.7. The Morgan fingerprint density at radius 3 is 1.78 bits per heavy atom. The first-order chi connectivity index (χ1) is 11.0. The monoisotopic (exact) mass is 306 g/mol. The maximum Gasteiger partial charge on any atom is 0.135 e. The highest BCUT2D eigenvalue weighted by molar-refractivity contribution is 5.39. The van der Waals surface area contributed by atoms with Crippen molar-refractivity contribution in [3.8, 4) is 0 Å². The van der Waals surface area contributed by atoms with E-state index in [0.717, 1.165) is 11.1 Å². The van der Waals surface area contributed by atoms with Gasteiger partial charge in [0.15, 0.2) is 0 Å². The molecule has 0 aliphatic carbocycles. The average Bonchev–Trinajstić information content (AvgIpc) is 3.09. The summed E-state index contributed by atoms with van der Waals surface area (Å²) in [6, 6.07) is 16.0. The smallest absolute Gasteiger partial charge is 0.135 e. The van der Waals surface area contributed by atoms with Crippen LogP contribution in [0.25, 0.3) is 0 Å². The summed E-state index contributed by atoms with van der Waals surface area (Å²) in [5.41, 5.74) is 2.99. The molecule has 0 aliphatic rings. The molecular formula is C20H22N2O. The van der Waals surface area contributed by atoms with Crippen molar-refractivity contribution in [3.63, 3.8) is 0 Å². The number of aryl methyl sites for hydroxylation is 2. The molecule has 0 amide bonds. The molecule has 118 valence electrons. The topological polar surface area (TPSA) is 38.0 Å². The van der Waals surface area contributed by atoms with Crippen LogP contribution in [0.5, 0.6) is 0 Å². The molecular weight excluding hydrogens is 284 g/mol. The zero-order valence-corrected chi connectivity index (χ0v) is 13.8. The van der Waals surface area contributed by atoms with Crippen molar-refractivity contribution >= 4 is 0 Å². The Balaban J connectivity index is 2.16. The highest BCUT2D eigenvalue weighted by atomic mass is 16.3. The van der Waals surface area contributed by atoms with Crippen LogP contribution >= 0.6 is 0 Å². The van der Waals surface area contributed by atoms with Crippen LogP contribution < -0.4 is 0 Å². The van der Waals surface area contributed by atoms with Gasteiger partial charge >= 0.3 is 0 Å². The largest absolute Gasteiger partial charge is 0.378 e. The van der Waals surface area contributed by atoms with Crippen molar-refractivity contribution in [2.24, 2.45) is 0 Å². The Kier molecular flexibility index (Phi) is 4.05. The van der Waals surface area contributed by atoms with Crippen molar-refractivity contribution in [2.75, 3.05) is 0 Å². The second kappa shape index (κ2) is 6.01. The van der Waals surface area contributed by atoms with Gasteiger partial charge in [0, 0.05) is 12.4 Å². The van der Waals surface area contributed by atoms with Crippen LogP contribution in [0.2, 0.25) is 0 Å². The van der Waals surface area contributed by atoms with Crippen molar-refractivity contribution in [1.82, 2.24) is 9.55 Å². The molecule has 0 radical (unpaired) electrons. The number of hydrogen-bond acceptors (Lipinski definition) is 2. The Morgan fingerprint density at radius 2 is 1.39 bits per heavy atom. The van der Waals surface area contributed by atoms with Gasteiger partial charge in [0.25, 0.3) is 0 Å². The van der Waals surface area contributed by atoms with Crippen LogP contribution in [0.1, 0.15) is 35.2 Å². The highest BCUT2D eigenvalue weighted by Gasteiger charge is 2.38. The van der Waals surface area contributed by atoms with Gasteiger partial charge in [-0.25, -0.2) is 4.98 Å². The molecule has 0 aliphatic heterocycles. The Morgan fingerprint density at radius 1 is 0.913 bits per heavy atom. The summed E-state index contributed by atoms with van der Waals surface area (Å²) in [4.78, 5) is 4.12. The van der Waals surface area contributed by atoms with Gasteiger partial charge < -0.3 is 9.67 Å². The maximum atomic E-state index is 11.7. The molecule has 1 atom stereocenters. The van der Waals surface area contributed by atoms with E-state index in [-0.39, 0.29) is 6.04 Å². The van der Waals surface area contributed by atoms with Gasteiger partial charge in [-0.2, -0.15) is 0 Å². The third-order valence-corrected chi connectivity index (χ3v) is 4.56. The quantitative estimate of drug-likeness (QED) is 0.791. The van der Waals surface area contributed by atoms with Gasteiger partial charge in [0.2, 0.25) is 0 Å². The van der Waals surface area contributed by atoms with Crippen molar-refractivity contribution < 1.29 is 5.11 Å². The second-order valence-corrected chi connectivity index (χ2v) is 6.18. The van der Waals surface area contributed by atoms with Crippen molar-refractivity contribution in [3.05, 3.63) is 89.5 Å². The van der Waals surface area contributed by atoms with Crippen molar-refractivity contribution in [2.45, 2.75) is 32.4 Å². The maximum absolute atomic E-state index is 11.7. The molecule has 0 saturated heterocycles. The second-order valence-electron chi connectivity index (χ2n) is 6.18. The standard InChI is InChI=1S/C20H22N2O/c1-15-4-8-18(9-5-15)20(23,17(3)22-13-12-21-14-22)19-10-6-16(2)7-11-19/h4-14,17,23H,1-3H3. The molecule has 23 heavy (non-hydrogen) atoms. The van der Waals surface area contributed by atoms with E-state index in [2.05, 4.69) is 4.98 Å². The fourth-order valence-electron chi connectivity index (χ4n) is 2.98. The van der Waals surface area contributed by atoms with Gasteiger partial charge in [-0.05, 0) is 31.9 Å². The third-order valence-electron chi connectivity index (χ3n) is 4.56. The number of imidazole rings is 1. The lowest BCUT2D eigenvalue weighted by Gasteiger charge is -2.36. The van der Waals surface area contributed by atoms with Crippen LogP contribution in [-0.2, 0) is 5.60 Å². The molecule has 0 saturated carbocycles. The minimum absolute atomic E-state index is 0.185. The SMILES string of the molecule is Cc1ccc(C(O)(c2ccc(C)cc2)C(C)n2ccnc2)cc1. The average molecular weight is 306 g/mol. The summed E-state index contributed by atoms with van der Waals surface area (Å²) in [7, 11) is 0. The third kappa shape index (κ3) is 2.80. The fourth-order valence-corrected chi connectivity index (χ4v) is 2.98. The zero-order valence-electron chi connectivity index (χ0n) is 13.8. The van der Waals surface area contributed by atoms with E-state index in [1.54, 1.807) is 12.5 Å². The summed E-state index contributed by atoms with van der Waals surface area (Å²) >= 11 is 0. The molecule has 1 aromatic heterocycles. The Labute approximate surface area is 137 Å². The minimum atomic E-state index is -1.12. The molecule has 0 bridgehead atoms. The van der Waals surface area contributed by atoms with Crippen LogP contribution in [0.4, 0.5) is 0 Å². The van der Waals surface area contributed by atoms with E-state index in [1.807, 2.05) is 80.1 Å². The molecule has 1 unspecified atom stereocenters. The van der Waals surface area contributed by atoms with Crippen LogP contribution in [0.3, 0.4) is 0 Å². The lowest BCUT2D eigenvalue weighted by Crippen LogP contribution is -2.36. The number of nitrogens with zero attached hydrogens (tertiary/aromatic N) is 2. The number of rotatable bonds is 4. The lowest BCUT2D eigenvalue weighted by atomic mass is 9.80. The normalized spacial score (nSPS) is 13.0. The summed E-state index contributed by atoms with van der Waals surface area (Å²) in [6.45, 7) is 6.11. The molecule has 0 spiro atoms. The molecule has 3 nitrogen and oxygen atoms in total. The van der Waals surface area contributed by atoms with E-state index < -0.39 is 5.60 Å². The van der Waals surface area contributed by atoms with Gasteiger partial charge in [-0.3, -0.25) is 0 Å². The minimum Gasteiger partial charge on any atom is -0.378 e. The number of benzene rings is 2. The molecule has 3 heteroatoms. The fraction of sp³-hybridized carbons (Fsp3) is 0.250. The van der Waals surface area contributed by atoms with E-state index in [4.69, 9.17) is 0 Å². The number of aliphatic hydroxyl groups is 1. The Bertz CT molecular complexity index is 713. The Hall–Kier alpha value is -2.39. The summed E-state index contributed by atoms with van der Waals surface area (Å²) in [6.07, 6.45) is 5.37. The van der Waals surface area contributed by atoms with Gasteiger partial charge in [0.05, 0.1) is 12.4 Å². The first-order valence-corrected chi connectivity index (χ1v) is 7.86. The van der Waals surface area contributed by atoms with E-state index in [9.17, 15) is 5.11 Å². The predicted octanol–water partition coefficient (Wildman–Crippen LogP) is 4.00. The van der Waals surface area contributed by atoms with Gasteiger partial charge in [0.1, 0.15) is 5.60 Å². The molecule has 3 rings (SSSR count).